The molecule has 2 rings (SSSR count). The summed E-state index contributed by atoms with van der Waals surface area (Å²) < 4.78 is 21.4. The summed E-state index contributed by atoms with van der Waals surface area (Å²) in [4.78, 5) is 38.5. The summed E-state index contributed by atoms with van der Waals surface area (Å²) in [7, 11) is 0. The van der Waals surface area contributed by atoms with Crippen LogP contribution in [0.4, 0.5) is 4.79 Å². The zero-order valence-corrected chi connectivity index (χ0v) is 22.9. The van der Waals surface area contributed by atoms with E-state index in [0.717, 1.165) is 11.1 Å². The number of amides is 1. The van der Waals surface area contributed by atoms with Gasteiger partial charge in [0, 0.05) is 5.02 Å². The molecule has 0 aliphatic rings. The molecule has 202 valence electrons. The molecular weight excluding hydrogens is 498 g/mol. The Labute approximate surface area is 223 Å². The van der Waals surface area contributed by atoms with Crippen LogP contribution >= 0.6 is 11.6 Å². The summed E-state index contributed by atoms with van der Waals surface area (Å²) in [5.41, 5.74) is -0.915. The number of rotatable bonds is 12. The van der Waals surface area contributed by atoms with Crippen LogP contribution in [0.2, 0.25) is 5.02 Å². The van der Waals surface area contributed by atoms with E-state index in [1.165, 1.54) is 0 Å². The first-order valence-corrected chi connectivity index (χ1v) is 12.7. The van der Waals surface area contributed by atoms with E-state index in [1.54, 1.807) is 34.6 Å². The quantitative estimate of drug-likeness (QED) is 0.214. The largest absolute Gasteiger partial charge is 0.489 e. The van der Waals surface area contributed by atoms with E-state index in [-0.39, 0.29) is 19.6 Å². The molecule has 0 fully saturated rings. The molecule has 0 heterocycles. The second-order valence-corrected chi connectivity index (χ2v) is 9.83. The maximum atomic E-state index is 13.0. The number of hydrogen-bond donors (Lipinski definition) is 1. The van der Waals surface area contributed by atoms with E-state index < -0.39 is 29.2 Å². The molecule has 0 aromatic heterocycles. The average Bonchev–Trinajstić information content (AvgIpc) is 2.82. The fourth-order valence-electron chi connectivity index (χ4n) is 3.54. The van der Waals surface area contributed by atoms with Crippen molar-refractivity contribution in [2.24, 2.45) is 0 Å². The van der Waals surface area contributed by atoms with Crippen LogP contribution in [0.3, 0.4) is 0 Å². The Bertz CT molecular complexity index is 1030. The lowest BCUT2D eigenvalue weighted by atomic mass is 9.91. The highest BCUT2D eigenvalue weighted by Crippen LogP contribution is 2.23. The van der Waals surface area contributed by atoms with Crippen LogP contribution in [0.5, 0.6) is 5.75 Å². The van der Waals surface area contributed by atoms with Gasteiger partial charge in [-0.25, -0.2) is 14.4 Å². The van der Waals surface area contributed by atoms with Gasteiger partial charge in [0.1, 0.15) is 18.0 Å². The van der Waals surface area contributed by atoms with Gasteiger partial charge >= 0.3 is 18.0 Å². The number of alkyl carbamates (subject to hydrolysis) is 1. The lowest BCUT2D eigenvalue weighted by molar-refractivity contribution is -0.166. The Hall–Kier alpha value is -3.26. The third-order valence-corrected chi connectivity index (χ3v) is 5.43. The molecule has 0 saturated carbocycles. The predicted molar refractivity (Wildman–Crippen MR) is 141 cm³/mol. The molecule has 2 aromatic carbocycles. The van der Waals surface area contributed by atoms with Gasteiger partial charge in [-0.2, -0.15) is 0 Å². The topological polar surface area (TPSA) is 100 Å². The summed E-state index contributed by atoms with van der Waals surface area (Å²) in [5.74, 6) is -1.07. The first-order chi connectivity index (χ1) is 17.5. The van der Waals surface area contributed by atoms with Gasteiger partial charge in [-0.3, -0.25) is 5.32 Å². The summed E-state index contributed by atoms with van der Waals surface area (Å²) in [6.07, 6.45) is -0.0205. The first-order valence-electron chi connectivity index (χ1n) is 12.3. The van der Waals surface area contributed by atoms with Crippen LogP contribution in [0.15, 0.2) is 48.5 Å². The molecule has 9 heteroatoms. The minimum Gasteiger partial charge on any atom is -0.489 e. The normalized spacial score (nSPS) is 11.4. The fourth-order valence-corrected chi connectivity index (χ4v) is 3.75. The molecule has 0 unspecified atom stereocenters. The predicted octanol–water partition coefficient (Wildman–Crippen LogP) is 5.63. The minimum absolute atomic E-state index is 0.0308. The fraction of sp³-hybridized carbons (Fsp3) is 0.464. The Morgan fingerprint density at radius 1 is 0.892 bits per heavy atom. The summed E-state index contributed by atoms with van der Waals surface area (Å²) in [5, 5.41) is 3.10. The van der Waals surface area contributed by atoms with Gasteiger partial charge in [-0.1, -0.05) is 35.9 Å². The summed E-state index contributed by atoms with van der Waals surface area (Å²) >= 11 is 6.01. The minimum atomic E-state index is -2.02. The third kappa shape index (κ3) is 9.61. The third-order valence-electron chi connectivity index (χ3n) is 5.20. The SMILES string of the molecule is CCOC(=O)C(CCCc1ccc(OCc2cccc(Cl)c2)cc1)(NC(=O)OC(C)(C)C)C(=O)OCC. The second kappa shape index (κ2) is 13.9. The number of carbonyl (C=O) groups is 3. The lowest BCUT2D eigenvalue weighted by Crippen LogP contribution is -2.62. The maximum Gasteiger partial charge on any atom is 0.409 e. The van der Waals surface area contributed by atoms with Crippen LogP contribution in [0.25, 0.3) is 0 Å². The van der Waals surface area contributed by atoms with Crippen molar-refractivity contribution < 1.29 is 33.3 Å². The van der Waals surface area contributed by atoms with Crippen LogP contribution < -0.4 is 10.1 Å². The molecular formula is C28H36ClNO7. The van der Waals surface area contributed by atoms with Crippen LogP contribution in [0.1, 0.15) is 58.6 Å². The molecule has 0 atom stereocenters. The number of hydrogen-bond acceptors (Lipinski definition) is 7. The van der Waals surface area contributed by atoms with Crippen molar-refractivity contribution >= 4 is 29.6 Å². The number of esters is 2. The van der Waals surface area contributed by atoms with Crippen molar-refractivity contribution in [3.63, 3.8) is 0 Å². The Balaban J connectivity index is 2.09. The van der Waals surface area contributed by atoms with Gasteiger partial charge in [0.25, 0.3) is 0 Å². The summed E-state index contributed by atoms with van der Waals surface area (Å²) in [6, 6.07) is 15.0. The number of halogens is 1. The van der Waals surface area contributed by atoms with E-state index in [1.807, 2.05) is 48.5 Å². The van der Waals surface area contributed by atoms with Crippen LogP contribution in [0, 0.1) is 0 Å². The summed E-state index contributed by atoms with van der Waals surface area (Å²) in [6.45, 7) is 8.76. The molecule has 8 nitrogen and oxygen atoms in total. The molecule has 2 aromatic rings. The van der Waals surface area contributed by atoms with Gasteiger partial charge in [0.05, 0.1) is 13.2 Å². The molecule has 1 amide bonds. The van der Waals surface area contributed by atoms with Crippen molar-refractivity contribution in [2.75, 3.05) is 13.2 Å². The maximum absolute atomic E-state index is 13.0. The highest BCUT2D eigenvalue weighted by atomic mass is 35.5. The number of aryl methyl sites for hydroxylation is 1. The smallest absolute Gasteiger partial charge is 0.409 e. The van der Waals surface area contributed by atoms with Gasteiger partial charge in [0.2, 0.25) is 5.54 Å². The van der Waals surface area contributed by atoms with Crippen molar-refractivity contribution in [2.45, 2.75) is 71.6 Å². The van der Waals surface area contributed by atoms with E-state index in [0.29, 0.717) is 30.2 Å². The van der Waals surface area contributed by atoms with Crippen LogP contribution in [-0.4, -0.2) is 42.4 Å². The van der Waals surface area contributed by atoms with Gasteiger partial charge < -0.3 is 18.9 Å². The molecule has 37 heavy (non-hydrogen) atoms. The standard InChI is InChI=1S/C28H36ClNO7/c1-6-34-24(31)28(25(32)35-7-2,30-26(33)37-27(3,4)5)17-9-11-20-13-15-23(16-14-20)36-19-21-10-8-12-22(29)18-21/h8,10,12-16,18H,6-7,9,11,17,19H2,1-5H3,(H,30,33). The average molecular weight is 534 g/mol. The molecule has 1 N–H and O–H groups in total. The number of nitrogens with one attached hydrogen (secondary N) is 1. The second-order valence-electron chi connectivity index (χ2n) is 9.39. The number of ether oxygens (including phenoxy) is 4. The van der Waals surface area contributed by atoms with Gasteiger partial charge in [0.15, 0.2) is 0 Å². The first kappa shape index (κ1) is 30.0. The van der Waals surface area contributed by atoms with Crippen molar-refractivity contribution in [3.8, 4) is 5.75 Å². The molecule has 0 saturated heterocycles. The molecule has 0 aliphatic carbocycles. The van der Waals surface area contributed by atoms with Crippen molar-refractivity contribution in [1.29, 1.82) is 0 Å². The highest BCUT2D eigenvalue weighted by molar-refractivity contribution is 6.30. The molecule has 0 aliphatic heterocycles. The van der Waals surface area contributed by atoms with E-state index in [4.69, 9.17) is 30.5 Å². The number of benzene rings is 2. The zero-order valence-electron chi connectivity index (χ0n) is 22.1. The Kier molecular flexibility index (Phi) is 11.2. The Morgan fingerprint density at radius 2 is 1.51 bits per heavy atom. The lowest BCUT2D eigenvalue weighted by Gasteiger charge is -2.31. The van der Waals surface area contributed by atoms with Crippen LogP contribution in [-0.2, 0) is 36.8 Å². The molecule has 0 bridgehead atoms. The van der Waals surface area contributed by atoms with Gasteiger partial charge in [-0.05, 0) is 89.3 Å². The molecule has 0 spiro atoms. The van der Waals surface area contributed by atoms with Crippen molar-refractivity contribution in [1.82, 2.24) is 5.32 Å². The van der Waals surface area contributed by atoms with E-state index in [9.17, 15) is 14.4 Å². The Morgan fingerprint density at radius 3 is 2.05 bits per heavy atom. The van der Waals surface area contributed by atoms with Gasteiger partial charge in [-0.15, -0.1) is 0 Å². The zero-order chi connectivity index (χ0) is 27.5. The van der Waals surface area contributed by atoms with Crippen molar-refractivity contribution in [3.05, 3.63) is 64.7 Å². The highest BCUT2D eigenvalue weighted by Gasteiger charge is 2.50. The molecule has 0 radical (unpaired) electrons. The number of carbonyl (C=O) groups excluding carboxylic acids is 3. The monoisotopic (exact) mass is 533 g/mol. The van der Waals surface area contributed by atoms with E-state index >= 15 is 0 Å². The van der Waals surface area contributed by atoms with E-state index in [2.05, 4.69) is 5.32 Å².